The van der Waals surface area contributed by atoms with E-state index in [9.17, 15) is 4.79 Å². The summed E-state index contributed by atoms with van der Waals surface area (Å²) in [7, 11) is 0. The molecule has 3 nitrogen and oxygen atoms in total. The van der Waals surface area contributed by atoms with Gasteiger partial charge in [0.05, 0.1) is 0 Å². The van der Waals surface area contributed by atoms with Crippen LogP contribution in [-0.2, 0) is 0 Å². The Kier molecular flexibility index (Phi) is 2.18. The topological polar surface area (TPSA) is 40.5 Å². The Morgan fingerprint density at radius 2 is 1.77 bits per heavy atom. The standard InChI is InChI=1S/C10H17NO2/c12-9(13)11-7-3-6-10(8-11)4-1-2-5-10/h1-8H2,(H,12,13). The Labute approximate surface area is 78.7 Å². The number of rotatable bonds is 0. The van der Waals surface area contributed by atoms with Gasteiger partial charge >= 0.3 is 6.09 Å². The van der Waals surface area contributed by atoms with Crippen LogP contribution in [0.4, 0.5) is 4.79 Å². The van der Waals surface area contributed by atoms with Gasteiger partial charge in [0.1, 0.15) is 0 Å². The fraction of sp³-hybridized carbons (Fsp3) is 0.900. The quantitative estimate of drug-likeness (QED) is 0.626. The maximum Gasteiger partial charge on any atom is 0.407 e. The van der Waals surface area contributed by atoms with Crippen molar-refractivity contribution in [1.29, 1.82) is 0 Å². The minimum absolute atomic E-state index is 0.372. The molecule has 0 radical (unpaired) electrons. The Hall–Kier alpha value is -0.730. The lowest BCUT2D eigenvalue weighted by molar-refractivity contribution is 0.0806. The molecule has 2 fully saturated rings. The molecule has 3 heteroatoms. The normalized spacial score (nSPS) is 26.6. The highest BCUT2D eigenvalue weighted by Crippen LogP contribution is 2.44. The molecule has 1 heterocycles. The van der Waals surface area contributed by atoms with Gasteiger partial charge in [-0.05, 0) is 31.1 Å². The summed E-state index contributed by atoms with van der Waals surface area (Å²) in [6.45, 7) is 1.54. The second kappa shape index (κ2) is 3.20. The first-order valence-electron chi connectivity index (χ1n) is 5.20. The van der Waals surface area contributed by atoms with E-state index < -0.39 is 6.09 Å². The van der Waals surface area contributed by atoms with E-state index in [2.05, 4.69) is 0 Å². The van der Waals surface area contributed by atoms with E-state index in [1.807, 2.05) is 0 Å². The van der Waals surface area contributed by atoms with Gasteiger partial charge in [-0.15, -0.1) is 0 Å². The first-order chi connectivity index (χ1) is 6.22. The van der Waals surface area contributed by atoms with Gasteiger partial charge in [-0.25, -0.2) is 4.79 Å². The summed E-state index contributed by atoms with van der Waals surface area (Å²) in [5.74, 6) is 0. The van der Waals surface area contributed by atoms with E-state index in [-0.39, 0.29) is 0 Å². The number of hydrogen-bond donors (Lipinski definition) is 1. The van der Waals surface area contributed by atoms with Crippen molar-refractivity contribution >= 4 is 6.09 Å². The molecule has 1 spiro atoms. The van der Waals surface area contributed by atoms with Crippen LogP contribution in [0.15, 0.2) is 0 Å². The minimum Gasteiger partial charge on any atom is -0.465 e. The molecule has 0 aromatic carbocycles. The molecule has 1 amide bonds. The van der Waals surface area contributed by atoms with Crippen LogP contribution in [0.1, 0.15) is 38.5 Å². The van der Waals surface area contributed by atoms with Gasteiger partial charge in [0, 0.05) is 13.1 Å². The van der Waals surface area contributed by atoms with Gasteiger partial charge in [-0.2, -0.15) is 0 Å². The monoisotopic (exact) mass is 183 g/mol. The average molecular weight is 183 g/mol. The SMILES string of the molecule is O=C(O)N1CCCC2(CCCC2)C1. The van der Waals surface area contributed by atoms with E-state index in [1.54, 1.807) is 4.90 Å². The highest BCUT2D eigenvalue weighted by atomic mass is 16.4. The molecular formula is C10H17NO2. The van der Waals surface area contributed by atoms with Crippen LogP contribution in [-0.4, -0.2) is 29.2 Å². The third-order valence-electron chi connectivity index (χ3n) is 3.60. The molecule has 0 aromatic heterocycles. The van der Waals surface area contributed by atoms with Gasteiger partial charge in [0.15, 0.2) is 0 Å². The van der Waals surface area contributed by atoms with Crippen molar-refractivity contribution in [2.45, 2.75) is 38.5 Å². The summed E-state index contributed by atoms with van der Waals surface area (Å²) in [5, 5.41) is 8.91. The molecule has 1 aliphatic carbocycles. The van der Waals surface area contributed by atoms with Crippen LogP contribution in [0.25, 0.3) is 0 Å². The van der Waals surface area contributed by atoms with Crippen LogP contribution in [0.3, 0.4) is 0 Å². The molecule has 0 bridgehead atoms. The lowest BCUT2D eigenvalue weighted by atomic mass is 9.78. The zero-order chi connectivity index (χ0) is 9.31. The Balaban J connectivity index is 2.02. The summed E-state index contributed by atoms with van der Waals surface area (Å²) in [6, 6.07) is 0. The highest BCUT2D eigenvalue weighted by molar-refractivity contribution is 5.65. The zero-order valence-electron chi connectivity index (χ0n) is 7.96. The van der Waals surface area contributed by atoms with Crippen molar-refractivity contribution in [3.63, 3.8) is 0 Å². The number of carboxylic acid groups (broad SMARTS) is 1. The largest absolute Gasteiger partial charge is 0.465 e. The van der Waals surface area contributed by atoms with Crippen molar-refractivity contribution in [1.82, 2.24) is 4.90 Å². The second-order valence-electron chi connectivity index (χ2n) is 4.51. The molecule has 2 rings (SSSR count). The maximum absolute atomic E-state index is 10.8. The van der Waals surface area contributed by atoms with Crippen LogP contribution in [0.2, 0.25) is 0 Å². The summed E-state index contributed by atoms with van der Waals surface area (Å²) in [5.41, 5.74) is 0.372. The Bertz CT molecular complexity index is 209. The van der Waals surface area contributed by atoms with Crippen molar-refractivity contribution in [2.75, 3.05) is 13.1 Å². The molecule has 1 saturated carbocycles. The van der Waals surface area contributed by atoms with Crippen molar-refractivity contribution in [2.24, 2.45) is 5.41 Å². The van der Waals surface area contributed by atoms with Gasteiger partial charge in [0.25, 0.3) is 0 Å². The molecule has 0 atom stereocenters. The molecule has 74 valence electrons. The lowest BCUT2D eigenvalue weighted by Crippen LogP contribution is -2.44. The van der Waals surface area contributed by atoms with E-state index in [0.717, 1.165) is 19.5 Å². The lowest BCUT2D eigenvalue weighted by Gasteiger charge is -2.39. The van der Waals surface area contributed by atoms with Gasteiger partial charge < -0.3 is 10.0 Å². The summed E-state index contributed by atoms with van der Waals surface area (Å²) >= 11 is 0. The molecule has 1 saturated heterocycles. The number of amides is 1. The number of hydrogen-bond acceptors (Lipinski definition) is 1. The second-order valence-corrected chi connectivity index (χ2v) is 4.51. The number of nitrogens with zero attached hydrogens (tertiary/aromatic N) is 1. The molecule has 1 N–H and O–H groups in total. The van der Waals surface area contributed by atoms with E-state index >= 15 is 0 Å². The molecule has 2 aliphatic rings. The van der Waals surface area contributed by atoms with Gasteiger partial charge in [-0.1, -0.05) is 12.8 Å². The number of likely N-dealkylation sites (tertiary alicyclic amines) is 1. The smallest absolute Gasteiger partial charge is 0.407 e. The van der Waals surface area contributed by atoms with E-state index in [4.69, 9.17) is 5.11 Å². The molecular weight excluding hydrogens is 166 g/mol. The van der Waals surface area contributed by atoms with Crippen molar-refractivity contribution in [3.05, 3.63) is 0 Å². The maximum atomic E-state index is 10.8. The third-order valence-corrected chi connectivity index (χ3v) is 3.60. The minimum atomic E-state index is -0.731. The van der Waals surface area contributed by atoms with Crippen molar-refractivity contribution < 1.29 is 9.90 Å². The Morgan fingerprint density at radius 3 is 2.38 bits per heavy atom. The van der Waals surface area contributed by atoms with Crippen LogP contribution >= 0.6 is 0 Å². The first-order valence-corrected chi connectivity index (χ1v) is 5.20. The van der Waals surface area contributed by atoms with Gasteiger partial charge in [-0.3, -0.25) is 0 Å². The zero-order valence-corrected chi connectivity index (χ0v) is 7.96. The number of carbonyl (C=O) groups is 1. The molecule has 13 heavy (non-hydrogen) atoms. The summed E-state index contributed by atoms with van der Waals surface area (Å²) < 4.78 is 0. The molecule has 0 aromatic rings. The van der Waals surface area contributed by atoms with Crippen LogP contribution in [0.5, 0.6) is 0 Å². The van der Waals surface area contributed by atoms with Crippen LogP contribution in [0, 0.1) is 5.41 Å². The van der Waals surface area contributed by atoms with E-state index in [1.165, 1.54) is 32.1 Å². The summed E-state index contributed by atoms with van der Waals surface area (Å²) in [6.07, 6.45) is 6.67. The van der Waals surface area contributed by atoms with E-state index in [0.29, 0.717) is 5.41 Å². The molecule has 1 aliphatic heterocycles. The average Bonchev–Trinajstić information content (AvgIpc) is 2.53. The number of piperidine rings is 1. The highest BCUT2D eigenvalue weighted by Gasteiger charge is 2.39. The third kappa shape index (κ3) is 1.64. The predicted molar refractivity (Wildman–Crippen MR) is 49.7 cm³/mol. The fourth-order valence-electron chi connectivity index (χ4n) is 2.90. The predicted octanol–water partition coefficient (Wildman–Crippen LogP) is 2.32. The fourth-order valence-corrected chi connectivity index (χ4v) is 2.90. The molecule has 0 unspecified atom stereocenters. The van der Waals surface area contributed by atoms with Crippen LogP contribution < -0.4 is 0 Å². The van der Waals surface area contributed by atoms with Gasteiger partial charge in [0.2, 0.25) is 0 Å². The summed E-state index contributed by atoms with van der Waals surface area (Å²) in [4.78, 5) is 12.4. The Morgan fingerprint density at radius 1 is 1.15 bits per heavy atom. The first kappa shape index (κ1) is 8.85. The van der Waals surface area contributed by atoms with Crippen molar-refractivity contribution in [3.8, 4) is 0 Å².